The maximum absolute atomic E-state index is 11.3. The van der Waals surface area contributed by atoms with Gasteiger partial charge in [0.25, 0.3) is 0 Å². The van der Waals surface area contributed by atoms with E-state index in [1.54, 1.807) is 0 Å². The number of hydrazine groups is 1. The van der Waals surface area contributed by atoms with Crippen molar-refractivity contribution < 1.29 is 14.3 Å². The maximum Gasteiger partial charge on any atom is 0.330 e. The number of hydrogen-bond donors (Lipinski definition) is 3. The number of hydrogen-bond acceptors (Lipinski definition) is 3. The first kappa shape index (κ1) is 9.79. The van der Waals surface area contributed by atoms with Gasteiger partial charge < -0.3 is 10.5 Å². The van der Waals surface area contributed by atoms with Crippen LogP contribution < -0.4 is 16.6 Å². The summed E-state index contributed by atoms with van der Waals surface area (Å²) < 4.78 is 5.19. The van der Waals surface area contributed by atoms with Crippen LogP contribution in [0.4, 0.5) is 4.79 Å². The lowest BCUT2D eigenvalue weighted by Gasteiger charge is -2.13. The Hall–Kier alpha value is -1.30. The third kappa shape index (κ3) is 2.59. The van der Waals surface area contributed by atoms with E-state index in [-0.39, 0.29) is 17.9 Å². The van der Waals surface area contributed by atoms with Gasteiger partial charge in [-0.2, -0.15) is 0 Å². The van der Waals surface area contributed by atoms with Gasteiger partial charge in [-0.15, -0.1) is 0 Å². The van der Waals surface area contributed by atoms with Gasteiger partial charge in [0, 0.05) is 6.61 Å². The largest absolute Gasteiger partial charge is 0.378 e. The van der Waals surface area contributed by atoms with Crippen LogP contribution in [-0.2, 0) is 9.53 Å². The van der Waals surface area contributed by atoms with Crippen molar-refractivity contribution in [2.24, 2.45) is 11.7 Å². The number of primary amides is 1. The monoisotopic (exact) mass is 187 g/mol. The first-order chi connectivity index (χ1) is 6.11. The van der Waals surface area contributed by atoms with Crippen LogP contribution in [0.1, 0.15) is 13.3 Å². The fraction of sp³-hybridized carbons (Fsp3) is 0.714. The number of nitrogens with one attached hydrogen (secondary N) is 2. The smallest absolute Gasteiger partial charge is 0.330 e. The van der Waals surface area contributed by atoms with E-state index in [2.05, 4.69) is 5.43 Å². The molecular weight excluding hydrogens is 174 g/mol. The molecule has 1 fully saturated rings. The second kappa shape index (κ2) is 4.08. The highest BCUT2D eigenvalue weighted by Crippen LogP contribution is 2.19. The van der Waals surface area contributed by atoms with Crippen molar-refractivity contribution >= 4 is 11.9 Å². The molecule has 6 nitrogen and oxygen atoms in total. The normalized spacial score (nSPS) is 26.8. The van der Waals surface area contributed by atoms with Crippen molar-refractivity contribution in [3.63, 3.8) is 0 Å². The zero-order valence-corrected chi connectivity index (χ0v) is 7.37. The fourth-order valence-corrected chi connectivity index (χ4v) is 1.29. The highest BCUT2D eigenvalue weighted by molar-refractivity contribution is 5.82. The van der Waals surface area contributed by atoms with Gasteiger partial charge in [-0.25, -0.2) is 10.2 Å². The lowest BCUT2D eigenvalue weighted by Crippen LogP contribution is -2.47. The summed E-state index contributed by atoms with van der Waals surface area (Å²) in [6.45, 7) is 2.40. The Morgan fingerprint density at radius 1 is 1.46 bits per heavy atom. The van der Waals surface area contributed by atoms with Gasteiger partial charge in [0.15, 0.2) is 0 Å². The van der Waals surface area contributed by atoms with Gasteiger partial charge in [-0.05, 0) is 13.3 Å². The standard InChI is InChI=1S/C7H13N3O3/c1-4-5(2-3-13-4)6(11)9-10-7(8)12/h4-5H,2-3H2,1H3,(H,9,11)(H3,8,10,12). The lowest BCUT2D eigenvalue weighted by atomic mass is 10.0. The van der Waals surface area contributed by atoms with Crippen LogP contribution in [0.2, 0.25) is 0 Å². The Bertz CT molecular complexity index is 219. The number of nitrogens with two attached hydrogens (primary N) is 1. The number of urea groups is 1. The van der Waals surface area contributed by atoms with Crippen LogP contribution >= 0.6 is 0 Å². The van der Waals surface area contributed by atoms with Crippen LogP contribution in [-0.4, -0.2) is 24.6 Å². The number of carbonyl (C=O) groups is 2. The van der Waals surface area contributed by atoms with E-state index in [9.17, 15) is 9.59 Å². The number of carbonyl (C=O) groups excluding carboxylic acids is 2. The van der Waals surface area contributed by atoms with Gasteiger partial charge in [-0.3, -0.25) is 10.2 Å². The van der Waals surface area contributed by atoms with E-state index >= 15 is 0 Å². The average Bonchev–Trinajstić information content (AvgIpc) is 2.47. The lowest BCUT2D eigenvalue weighted by molar-refractivity contribution is -0.127. The van der Waals surface area contributed by atoms with E-state index in [0.29, 0.717) is 13.0 Å². The zero-order valence-electron chi connectivity index (χ0n) is 7.37. The second-order valence-electron chi connectivity index (χ2n) is 2.95. The van der Waals surface area contributed by atoms with Gasteiger partial charge in [-0.1, -0.05) is 0 Å². The molecule has 0 aromatic carbocycles. The van der Waals surface area contributed by atoms with Gasteiger partial charge >= 0.3 is 6.03 Å². The molecule has 1 saturated heterocycles. The predicted octanol–water partition coefficient (Wildman–Crippen LogP) is -0.889. The molecule has 0 aromatic rings. The zero-order chi connectivity index (χ0) is 9.84. The summed E-state index contributed by atoms with van der Waals surface area (Å²) in [5.74, 6) is -0.462. The Morgan fingerprint density at radius 2 is 2.15 bits per heavy atom. The molecule has 1 aliphatic heterocycles. The second-order valence-corrected chi connectivity index (χ2v) is 2.95. The minimum Gasteiger partial charge on any atom is -0.378 e. The molecule has 4 N–H and O–H groups in total. The Balaban J connectivity index is 2.34. The quantitative estimate of drug-likeness (QED) is 0.465. The van der Waals surface area contributed by atoms with E-state index in [4.69, 9.17) is 10.5 Å². The van der Waals surface area contributed by atoms with Crippen molar-refractivity contribution in [2.45, 2.75) is 19.4 Å². The summed E-state index contributed by atoms with van der Waals surface area (Å²) in [6, 6.07) is -0.778. The molecule has 0 aromatic heterocycles. The van der Waals surface area contributed by atoms with Crippen LogP contribution in [0.5, 0.6) is 0 Å². The van der Waals surface area contributed by atoms with Crippen molar-refractivity contribution in [3.8, 4) is 0 Å². The molecule has 0 radical (unpaired) electrons. The van der Waals surface area contributed by atoms with E-state index < -0.39 is 6.03 Å². The van der Waals surface area contributed by atoms with Gasteiger partial charge in [0.2, 0.25) is 5.91 Å². The molecule has 0 saturated carbocycles. The van der Waals surface area contributed by atoms with Gasteiger partial charge in [0.1, 0.15) is 0 Å². The highest BCUT2D eigenvalue weighted by atomic mass is 16.5. The van der Waals surface area contributed by atoms with Crippen LogP contribution in [0.25, 0.3) is 0 Å². The Labute approximate surface area is 75.8 Å². The molecule has 1 rings (SSSR count). The minimum absolute atomic E-state index is 0.102. The summed E-state index contributed by atoms with van der Waals surface area (Å²) >= 11 is 0. The molecule has 1 heterocycles. The molecule has 6 heteroatoms. The molecule has 0 bridgehead atoms. The van der Waals surface area contributed by atoms with Crippen molar-refractivity contribution in [2.75, 3.05) is 6.61 Å². The number of amides is 3. The van der Waals surface area contributed by atoms with E-state index in [1.807, 2.05) is 12.3 Å². The molecule has 13 heavy (non-hydrogen) atoms. The average molecular weight is 187 g/mol. The number of ether oxygens (including phenoxy) is 1. The first-order valence-corrected chi connectivity index (χ1v) is 4.08. The Kier molecular flexibility index (Phi) is 3.07. The molecule has 2 unspecified atom stereocenters. The summed E-state index contributed by atoms with van der Waals surface area (Å²) in [6.07, 6.45) is 0.572. The molecule has 3 amide bonds. The van der Waals surface area contributed by atoms with Crippen molar-refractivity contribution in [3.05, 3.63) is 0 Å². The summed E-state index contributed by atoms with van der Waals surface area (Å²) in [5, 5.41) is 0. The highest BCUT2D eigenvalue weighted by Gasteiger charge is 2.30. The van der Waals surface area contributed by atoms with Crippen LogP contribution in [0.15, 0.2) is 0 Å². The third-order valence-corrected chi connectivity index (χ3v) is 2.02. The van der Waals surface area contributed by atoms with Gasteiger partial charge in [0.05, 0.1) is 12.0 Å². The number of rotatable bonds is 1. The third-order valence-electron chi connectivity index (χ3n) is 2.02. The minimum atomic E-state index is -0.778. The SMILES string of the molecule is CC1OCCC1C(=O)NNC(N)=O. The molecular formula is C7H13N3O3. The van der Waals surface area contributed by atoms with E-state index in [1.165, 1.54) is 0 Å². The summed E-state index contributed by atoms with van der Waals surface area (Å²) in [7, 11) is 0. The van der Waals surface area contributed by atoms with Crippen LogP contribution in [0, 0.1) is 5.92 Å². The molecule has 1 aliphatic rings. The van der Waals surface area contributed by atoms with E-state index in [0.717, 1.165) is 0 Å². The fourth-order valence-electron chi connectivity index (χ4n) is 1.29. The van der Waals surface area contributed by atoms with Crippen LogP contribution in [0.3, 0.4) is 0 Å². The molecule has 0 aliphatic carbocycles. The maximum atomic E-state index is 11.3. The molecule has 74 valence electrons. The summed E-state index contributed by atoms with van der Waals surface area (Å²) in [4.78, 5) is 21.6. The first-order valence-electron chi connectivity index (χ1n) is 4.08. The molecule has 2 atom stereocenters. The topological polar surface area (TPSA) is 93.4 Å². The predicted molar refractivity (Wildman–Crippen MR) is 44.4 cm³/mol. The van der Waals surface area contributed by atoms with Crippen molar-refractivity contribution in [1.29, 1.82) is 0 Å². The van der Waals surface area contributed by atoms with Crippen molar-refractivity contribution in [1.82, 2.24) is 10.9 Å². The summed E-state index contributed by atoms with van der Waals surface area (Å²) in [5.41, 5.74) is 9.02. The Morgan fingerprint density at radius 3 is 2.62 bits per heavy atom. The molecule has 0 spiro atoms.